The molecule has 0 aromatic carbocycles. The minimum atomic E-state index is -0.801. The Morgan fingerprint density at radius 2 is 2.25 bits per heavy atom. The SMILES string of the molecule is CCCC1CN(CCCC(=O)O)C(=O)N1C. The van der Waals surface area contributed by atoms with Gasteiger partial charge in [-0.1, -0.05) is 13.3 Å². The zero-order chi connectivity index (χ0) is 12.1. The highest BCUT2D eigenvalue weighted by Gasteiger charge is 2.33. The van der Waals surface area contributed by atoms with Crippen molar-refractivity contribution in [3.05, 3.63) is 0 Å². The molecule has 1 saturated heterocycles. The van der Waals surface area contributed by atoms with Crippen LogP contribution in [0.2, 0.25) is 0 Å². The molecule has 1 heterocycles. The van der Waals surface area contributed by atoms with Crippen LogP contribution in [-0.4, -0.2) is 53.1 Å². The lowest BCUT2D eigenvalue weighted by Crippen LogP contribution is -2.31. The number of rotatable bonds is 6. The first-order valence-corrected chi connectivity index (χ1v) is 5.79. The minimum absolute atomic E-state index is 0.0313. The minimum Gasteiger partial charge on any atom is -0.481 e. The van der Waals surface area contributed by atoms with E-state index in [-0.39, 0.29) is 12.5 Å². The summed E-state index contributed by atoms with van der Waals surface area (Å²) in [7, 11) is 1.82. The first-order chi connectivity index (χ1) is 7.56. The molecule has 1 rings (SSSR count). The van der Waals surface area contributed by atoms with Crippen LogP contribution >= 0.6 is 0 Å². The van der Waals surface area contributed by atoms with Gasteiger partial charge < -0.3 is 14.9 Å². The van der Waals surface area contributed by atoms with E-state index in [0.717, 1.165) is 19.4 Å². The molecule has 92 valence electrons. The van der Waals surface area contributed by atoms with Gasteiger partial charge >= 0.3 is 12.0 Å². The first-order valence-electron chi connectivity index (χ1n) is 5.79. The van der Waals surface area contributed by atoms with Crippen molar-refractivity contribution < 1.29 is 14.7 Å². The van der Waals surface area contributed by atoms with Gasteiger partial charge in [-0.3, -0.25) is 4.79 Å². The van der Waals surface area contributed by atoms with Crippen molar-refractivity contribution in [3.8, 4) is 0 Å². The summed E-state index contributed by atoms with van der Waals surface area (Å²) in [6, 6.07) is 0.325. The van der Waals surface area contributed by atoms with Gasteiger partial charge in [0.15, 0.2) is 0 Å². The summed E-state index contributed by atoms with van der Waals surface area (Å²) < 4.78 is 0. The Labute approximate surface area is 96.0 Å². The molecular weight excluding hydrogens is 208 g/mol. The van der Waals surface area contributed by atoms with Crippen LogP contribution in [0.3, 0.4) is 0 Å². The number of hydrogen-bond acceptors (Lipinski definition) is 2. The van der Waals surface area contributed by atoms with Gasteiger partial charge in [-0.05, 0) is 12.8 Å². The van der Waals surface area contributed by atoms with Crippen molar-refractivity contribution in [1.29, 1.82) is 0 Å². The Bertz CT molecular complexity index is 268. The maximum Gasteiger partial charge on any atom is 0.320 e. The van der Waals surface area contributed by atoms with Crippen LogP contribution < -0.4 is 0 Å². The van der Waals surface area contributed by atoms with Crippen LogP contribution in [0.25, 0.3) is 0 Å². The fourth-order valence-corrected chi connectivity index (χ4v) is 2.06. The number of amides is 2. The Balaban J connectivity index is 2.38. The average Bonchev–Trinajstić information content (AvgIpc) is 2.47. The second kappa shape index (κ2) is 5.72. The van der Waals surface area contributed by atoms with Crippen LogP contribution in [0.1, 0.15) is 32.6 Å². The Hall–Kier alpha value is -1.26. The van der Waals surface area contributed by atoms with E-state index in [0.29, 0.717) is 19.0 Å². The van der Waals surface area contributed by atoms with Gasteiger partial charge in [0, 0.05) is 26.6 Å². The van der Waals surface area contributed by atoms with Gasteiger partial charge in [-0.15, -0.1) is 0 Å². The van der Waals surface area contributed by atoms with E-state index in [1.54, 1.807) is 9.80 Å². The largest absolute Gasteiger partial charge is 0.481 e. The standard InChI is InChI=1S/C11H20N2O3/c1-3-5-9-8-13(11(16)12(9)2)7-4-6-10(14)15/h9H,3-8H2,1-2H3,(H,14,15). The number of carbonyl (C=O) groups is 2. The Morgan fingerprint density at radius 3 is 2.81 bits per heavy atom. The average molecular weight is 228 g/mol. The van der Waals surface area contributed by atoms with E-state index in [1.165, 1.54) is 0 Å². The van der Waals surface area contributed by atoms with Crippen molar-refractivity contribution in [2.24, 2.45) is 0 Å². The van der Waals surface area contributed by atoms with Crippen LogP contribution in [0, 0.1) is 0 Å². The number of urea groups is 1. The molecule has 1 aliphatic heterocycles. The molecule has 1 N–H and O–H groups in total. The quantitative estimate of drug-likeness (QED) is 0.747. The molecule has 2 amide bonds. The summed E-state index contributed by atoms with van der Waals surface area (Å²) in [5, 5.41) is 8.53. The normalized spacial score (nSPS) is 20.6. The summed E-state index contributed by atoms with van der Waals surface area (Å²) in [5.74, 6) is -0.801. The third kappa shape index (κ3) is 3.12. The lowest BCUT2D eigenvalue weighted by Gasteiger charge is -2.16. The Morgan fingerprint density at radius 1 is 1.56 bits per heavy atom. The van der Waals surface area contributed by atoms with Crippen molar-refractivity contribution in [2.75, 3.05) is 20.1 Å². The second-order valence-corrected chi connectivity index (χ2v) is 4.28. The van der Waals surface area contributed by atoms with Gasteiger partial charge in [0.1, 0.15) is 0 Å². The number of carboxylic acid groups (broad SMARTS) is 1. The van der Waals surface area contributed by atoms with Crippen LogP contribution in [0.4, 0.5) is 4.79 Å². The van der Waals surface area contributed by atoms with Crippen molar-refractivity contribution in [2.45, 2.75) is 38.6 Å². The zero-order valence-electron chi connectivity index (χ0n) is 9.98. The monoisotopic (exact) mass is 228 g/mol. The highest BCUT2D eigenvalue weighted by atomic mass is 16.4. The molecule has 1 aliphatic rings. The van der Waals surface area contributed by atoms with Gasteiger partial charge in [-0.2, -0.15) is 0 Å². The van der Waals surface area contributed by atoms with Gasteiger partial charge in [-0.25, -0.2) is 4.79 Å². The topological polar surface area (TPSA) is 60.9 Å². The summed E-state index contributed by atoms with van der Waals surface area (Å²) in [4.78, 5) is 25.7. The molecule has 0 aromatic rings. The fraction of sp³-hybridized carbons (Fsp3) is 0.818. The van der Waals surface area contributed by atoms with Gasteiger partial charge in [0.2, 0.25) is 0 Å². The van der Waals surface area contributed by atoms with E-state index in [2.05, 4.69) is 6.92 Å². The third-order valence-corrected chi connectivity index (χ3v) is 2.99. The van der Waals surface area contributed by atoms with E-state index < -0.39 is 5.97 Å². The highest BCUT2D eigenvalue weighted by molar-refractivity contribution is 5.77. The summed E-state index contributed by atoms with van der Waals surface area (Å²) >= 11 is 0. The van der Waals surface area contributed by atoms with E-state index in [4.69, 9.17) is 5.11 Å². The zero-order valence-corrected chi connectivity index (χ0v) is 9.98. The van der Waals surface area contributed by atoms with E-state index in [1.807, 2.05) is 7.05 Å². The molecule has 0 spiro atoms. The molecule has 1 fully saturated rings. The molecule has 0 radical (unpaired) electrons. The summed E-state index contributed by atoms with van der Waals surface area (Å²) in [6.45, 7) is 3.39. The number of nitrogens with zero attached hydrogens (tertiary/aromatic N) is 2. The molecule has 1 atom stereocenters. The molecule has 0 bridgehead atoms. The molecule has 0 saturated carbocycles. The smallest absolute Gasteiger partial charge is 0.320 e. The lowest BCUT2D eigenvalue weighted by molar-refractivity contribution is -0.137. The van der Waals surface area contributed by atoms with Crippen LogP contribution in [0.15, 0.2) is 0 Å². The van der Waals surface area contributed by atoms with Crippen LogP contribution in [0.5, 0.6) is 0 Å². The number of likely N-dealkylation sites (N-methyl/N-ethyl adjacent to an activating group) is 1. The van der Waals surface area contributed by atoms with Gasteiger partial charge in [0.25, 0.3) is 0 Å². The van der Waals surface area contributed by atoms with E-state index >= 15 is 0 Å². The maximum atomic E-state index is 11.8. The summed E-state index contributed by atoms with van der Waals surface area (Å²) in [5.41, 5.74) is 0. The summed E-state index contributed by atoms with van der Waals surface area (Å²) in [6.07, 6.45) is 2.74. The maximum absolute atomic E-state index is 11.8. The molecule has 5 nitrogen and oxygen atoms in total. The number of aliphatic carboxylic acids is 1. The Kier molecular flexibility index (Phi) is 4.58. The van der Waals surface area contributed by atoms with E-state index in [9.17, 15) is 9.59 Å². The second-order valence-electron chi connectivity index (χ2n) is 4.28. The molecule has 5 heteroatoms. The predicted molar refractivity (Wildman–Crippen MR) is 60.3 cm³/mol. The van der Waals surface area contributed by atoms with Crippen molar-refractivity contribution in [1.82, 2.24) is 9.80 Å². The van der Waals surface area contributed by atoms with Crippen molar-refractivity contribution in [3.63, 3.8) is 0 Å². The van der Waals surface area contributed by atoms with Crippen molar-refractivity contribution >= 4 is 12.0 Å². The molecule has 0 aromatic heterocycles. The number of hydrogen-bond donors (Lipinski definition) is 1. The first kappa shape index (κ1) is 12.8. The molecule has 0 aliphatic carbocycles. The third-order valence-electron chi connectivity index (χ3n) is 2.99. The number of carboxylic acids is 1. The highest BCUT2D eigenvalue weighted by Crippen LogP contribution is 2.18. The lowest BCUT2D eigenvalue weighted by atomic mass is 10.1. The molecular formula is C11H20N2O3. The molecule has 16 heavy (non-hydrogen) atoms. The van der Waals surface area contributed by atoms with Gasteiger partial charge in [0.05, 0.1) is 6.04 Å². The number of carbonyl (C=O) groups excluding carboxylic acids is 1. The predicted octanol–water partition coefficient (Wildman–Crippen LogP) is 1.39. The molecule has 1 unspecified atom stereocenters. The van der Waals surface area contributed by atoms with Crippen LogP contribution in [-0.2, 0) is 4.79 Å². The fourth-order valence-electron chi connectivity index (χ4n) is 2.06.